The highest BCUT2D eigenvalue weighted by Crippen LogP contribution is 2.25. The lowest BCUT2D eigenvalue weighted by atomic mass is 9.99. The molecule has 1 saturated heterocycles. The summed E-state index contributed by atoms with van der Waals surface area (Å²) in [6.07, 6.45) is 8.13. The predicted octanol–water partition coefficient (Wildman–Crippen LogP) is 3.80. The Hall–Kier alpha value is -3.68. The molecule has 38 heavy (non-hydrogen) atoms. The highest BCUT2D eigenvalue weighted by molar-refractivity contribution is 5.88. The number of hydrogen-bond acceptors (Lipinski definition) is 5. The maximum absolute atomic E-state index is 13.0. The van der Waals surface area contributed by atoms with Crippen molar-refractivity contribution in [2.75, 3.05) is 25.0 Å². The molecule has 2 aromatic heterocycles. The molecule has 2 aliphatic heterocycles. The van der Waals surface area contributed by atoms with Crippen molar-refractivity contribution in [3.63, 3.8) is 0 Å². The van der Waals surface area contributed by atoms with Crippen LogP contribution < -0.4 is 10.6 Å². The van der Waals surface area contributed by atoms with Gasteiger partial charge in [-0.3, -0.25) is 14.4 Å². The van der Waals surface area contributed by atoms with Gasteiger partial charge in [0, 0.05) is 54.3 Å². The molecule has 2 amide bonds. The standard InChI is InChI=1S/C30H37N5O3/c1-20(36)17-25(13-10-23-18-32-27-7-3-2-6-26(23)27)33-28(37)19-35-16-14-22(30(35)38)9-12-24-11-8-21-5-4-15-31-29(21)34-24/h2-3,6-8,11,18,22,25,32H,4-5,9-10,12-17,19H2,1H3,(H,31,34)(H,33,37)/t22-,25-/m1/s1. The van der Waals surface area contributed by atoms with E-state index in [-0.39, 0.29) is 42.5 Å². The summed E-state index contributed by atoms with van der Waals surface area (Å²) in [4.78, 5) is 47.5. The molecule has 2 aliphatic rings. The monoisotopic (exact) mass is 515 g/mol. The van der Waals surface area contributed by atoms with Gasteiger partial charge in [0.2, 0.25) is 11.8 Å². The Morgan fingerprint density at radius 3 is 2.92 bits per heavy atom. The largest absolute Gasteiger partial charge is 0.370 e. The van der Waals surface area contributed by atoms with Crippen molar-refractivity contribution >= 4 is 34.3 Å². The van der Waals surface area contributed by atoms with E-state index in [0.29, 0.717) is 13.0 Å². The van der Waals surface area contributed by atoms with E-state index in [1.807, 2.05) is 24.4 Å². The predicted molar refractivity (Wildman–Crippen MR) is 148 cm³/mol. The van der Waals surface area contributed by atoms with Crippen LogP contribution in [0.3, 0.4) is 0 Å². The molecule has 8 heteroatoms. The van der Waals surface area contributed by atoms with E-state index >= 15 is 0 Å². The first kappa shape index (κ1) is 25.9. The van der Waals surface area contributed by atoms with Crippen molar-refractivity contribution in [3.8, 4) is 0 Å². The molecule has 0 radical (unpaired) electrons. The van der Waals surface area contributed by atoms with Crippen LogP contribution in [0.5, 0.6) is 0 Å². The number of H-pyrrole nitrogens is 1. The smallest absolute Gasteiger partial charge is 0.239 e. The van der Waals surface area contributed by atoms with Crippen LogP contribution in [-0.2, 0) is 33.6 Å². The van der Waals surface area contributed by atoms with Crippen molar-refractivity contribution in [2.45, 2.75) is 64.3 Å². The Morgan fingerprint density at radius 2 is 2.05 bits per heavy atom. The average Bonchev–Trinajstić information content (AvgIpc) is 3.48. The number of fused-ring (bicyclic) bond motifs is 2. The third-order valence-corrected chi connectivity index (χ3v) is 7.78. The molecule has 0 unspecified atom stereocenters. The Morgan fingerprint density at radius 1 is 1.18 bits per heavy atom. The number of likely N-dealkylation sites (tertiary alicyclic amines) is 1. The van der Waals surface area contributed by atoms with Crippen LogP contribution in [0.1, 0.15) is 55.8 Å². The van der Waals surface area contributed by atoms with Gasteiger partial charge in [-0.25, -0.2) is 4.98 Å². The molecular formula is C30H37N5O3. The van der Waals surface area contributed by atoms with Gasteiger partial charge in [0.15, 0.2) is 0 Å². The van der Waals surface area contributed by atoms with Gasteiger partial charge >= 0.3 is 0 Å². The number of Topliss-reactive ketones (excluding diaryl/α,β-unsaturated/α-hetero) is 1. The lowest BCUT2D eigenvalue weighted by molar-refractivity contribution is -0.135. The van der Waals surface area contributed by atoms with Crippen molar-refractivity contribution in [1.82, 2.24) is 20.2 Å². The molecule has 1 aromatic carbocycles. The number of nitrogens with one attached hydrogen (secondary N) is 3. The maximum atomic E-state index is 13.0. The molecule has 200 valence electrons. The molecule has 8 nitrogen and oxygen atoms in total. The Bertz CT molecular complexity index is 1320. The summed E-state index contributed by atoms with van der Waals surface area (Å²) in [6, 6.07) is 12.1. The highest BCUT2D eigenvalue weighted by atomic mass is 16.2. The lowest BCUT2D eigenvalue weighted by Gasteiger charge is -2.21. The lowest BCUT2D eigenvalue weighted by Crippen LogP contribution is -2.43. The average molecular weight is 516 g/mol. The van der Waals surface area contributed by atoms with Gasteiger partial charge in [0.25, 0.3) is 0 Å². The molecule has 0 saturated carbocycles. The van der Waals surface area contributed by atoms with E-state index < -0.39 is 0 Å². The van der Waals surface area contributed by atoms with Crippen molar-refractivity contribution < 1.29 is 14.4 Å². The Kier molecular flexibility index (Phi) is 8.05. The number of hydrogen-bond donors (Lipinski definition) is 3. The number of anilines is 1. The van der Waals surface area contributed by atoms with E-state index in [0.717, 1.165) is 67.5 Å². The van der Waals surface area contributed by atoms with Crippen LogP contribution in [0.25, 0.3) is 10.9 Å². The number of para-hydroxylation sites is 1. The fourth-order valence-corrected chi connectivity index (χ4v) is 5.75. The number of nitrogens with zero attached hydrogens (tertiary/aromatic N) is 2. The number of benzene rings is 1. The van der Waals surface area contributed by atoms with E-state index in [9.17, 15) is 14.4 Å². The molecular weight excluding hydrogens is 478 g/mol. The molecule has 0 bridgehead atoms. The van der Waals surface area contributed by atoms with Crippen LogP contribution in [0, 0.1) is 5.92 Å². The van der Waals surface area contributed by atoms with Gasteiger partial charge in [-0.15, -0.1) is 0 Å². The summed E-state index contributed by atoms with van der Waals surface area (Å²) in [6.45, 7) is 3.13. The molecule has 0 spiro atoms. The van der Waals surface area contributed by atoms with Gasteiger partial charge in [-0.2, -0.15) is 0 Å². The highest BCUT2D eigenvalue weighted by Gasteiger charge is 2.32. The summed E-state index contributed by atoms with van der Waals surface area (Å²) in [5, 5.41) is 7.56. The number of ketones is 1. The first-order valence-corrected chi connectivity index (χ1v) is 13.8. The minimum atomic E-state index is -0.258. The zero-order valence-corrected chi connectivity index (χ0v) is 22.1. The number of aromatic amines is 1. The number of pyridine rings is 1. The third-order valence-electron chi connectivity index (χ3n) is 7.78. The third kappa shape index (κ3) is 6.23. The number of rotatable bonds is 11. The molecule has 3 aromatic rings. The zero-order chi connectivity index (χ0) is 26.5. The normalized spacial score (nSPS) is 17.8. The summed E-state index contributed by atoms with van der Waals surface area (Å²) in [7, 11) is 0. The van der Waals surface area contributed by atoms with Crippen molar-refractivity contribution in [1.29, 1.82) is 0 Å². The first-order chi connectivity index (χ1) is 18.5. The van der Waals surface area contributed by atoms with Gasteiger partial charge in [0.1, 0.15) is 11.6 Å². The van der Waals surface area contributed by atoms with E-state index in [2.05, 4.69) is 33.8 Å². The van der Waals surface area contributed by atoms with Crippen molar-refractivity contribution in [3.05, 3.63) is 59.4 Å². The van der Waals surface area contributed by atoms with Gasteiger partial charge in [-0.05, 0) is 75.1 Å². The second kappa shape index (κ2) is 11.8. The number of amides is 2. The van der Waals surface area contributed by atoms with Crippen LogP contribution in [0.2, 0.25) is 0 Å². The van der Waals surface area contributed by atoms with Crippen LogP contribution >= 0.6 is 0 Å². The molecule has 2 atom stereocenters. The second-order valence-electron chi connectivity index (χ2n) is 10.7. The van der Waals surface area contributed by atoms with Crippen LogP contribution in [0.4, 0.5) is 5.82 Å². The molecule has 1 fully saturated rings. The summed E-state index contributed by atoms with van der Waals surface area (Å²) < 4.78 is 0. The molecule has 4 heterocycles. The van der Waals surface area contributed by atoms with Gasteiger partial charge in [0.05, 0.1) is 6.54 Å². The fourth-order valence-electron chi connectivity index (χ4n) is 5.75. The molecule has 5 rings (SSSR count). The SMILES string of the molecule is CC(=O)C[C@@H](CCc1c[nH]c2ccccc12)NC(=O)CN1CC[C@@H](CCc2ccc3c(n2)NCCC3)C1=O. The van der Waals surface area contributed by atoms with Crippen molar-refractivity contribution in [2.24, 2.45) is 5.92 Å². The van der Waals surface area contributed by atoms with Gasteiger partial charge < -0.3 is 20.5 Å². The van der Waals surface area contributed by atoms with Crippen LogP contribution in [-0.4, -0.2) is 58.1 Å². The molecule has 3 N–H and O–H groups in total. The van der Waals surface area contributed by atoms with Gasteiger partial charge in [-0.1, -0.05) is 24.3 Å². The van der Waals surface area contributed by atoms with E-state index in [1.165, 1.54) is 11.1 Å². The summed E-state index contributed by atoms with van der Waals surface area (Å²) in [5.74, 6) is 0.778. The minimum absolute atomic E-state index is 0.0394. The topological polar surface area (TPSA) is 107 Å². The summed E-state index contributed by atoms with van der Waals surface area (Å²) in [5.41, 5.74) is 4.52. The zero-order valence-electron chi connectivity index (χ0n) is 22.1. The number of carbonyl (C=O) groups excluding carboxylic acids is 3. The summed E-state index contributed by atoms with van der Waals surface area (Å²) >= 11 is 0. The quantitative estimate of drug-likeness (QED) is 0.360. The molecule has 0 aliphatic carbocycles. The minimum Gasteiger partial charge on any atom is -0.370 e. The van der Waals surface area contributed by atoms with Crippen LogP contribution in [0.15, 0.2) is 42.6 Å². The van der Waals surface area contributed by atoms with E-state index in [1.54, 1.807) is 11.8 Å². The number of aryl methyl sites for hydroxylation is 3. The number of aromatic nitrogens is 2. The Labute approximate surface area is 223 Å². The first-order valence-electron chi connectivity index (χ1n) is 13.8. The Balaban J connectivity index is 1.11. The maximum Gasteiger partial charge on any atom is 0.239 e. The fraction of sp³-hybridized carbons (Fsp3) is 0.467. The number of carbonyl (C=O) groups is 3. The van der Waals surface area contributed by atoms with E-state index in [4.69, 9.17) is 4.98 Å². The second-order valence-corrected chi connectivity index (χ2v) is 10.7.